The Hall–Kier alpha value is -1.34. The van der Waals surface area contributed by atoms with E-state index in [0.29, 0.717) is 13.1 Å². The van der Waals surface area contributed by atoms with E-state index >= 15 is 0 Å². The SMILES string of the molecule is C=CCNC(=O)C(C)N(CC)CC#N. The maximum Gasteiger partial charge on any atom is 0.237 e. The minimum Gasteiger partial charge on any atom is -0.351 e. The maximum atomic E-state index is 11.5. The highest BCUT2D eigenvalue weighted by Gasteiger charge is 2.18. The number of carbonyl (C=O) groups is 1. The summed E-state index contributed by atoms with van der Waals surface area (Å²) in [6, 6.07) is 1.77. The monoisotopic (exact) mass is 195 g/mol. The summed E-state index contributed by atoms with van der Waals surface area (Å²) >= 11 is 0. The van der Waals surface area contributed by atoms with E-state index in [9.17, 15) is 4.79 Å². The summed E-state index contributed by atoms with van der Waals surface area (Å²) in [5, 5.41) is 11.2. The van der Waals surface area contributed by atoms with Crippen LogP contribution >= 0.6 is 0 Å². The van der Waals surface area contributed by atoms with Gasteiger partial charge in [0.2, 0.25) is 5.91 Å². The van der Waals surface area contributed by atoms with Gasteiger partial charge in [-0.25, -0.2) is 0 Å². The second-order valence-corrected chi connectivity index (χ2v) is 2.93. The minimum atomic E-state index is -0.264. The highest BCUT2D eigenvalue weighted by molar-refractivity contribution is 5.81. The van der Waals surface area contributed by atoms with Crippen LogP contribution in [-0.2, 0) is 4.79 Å². The molecule has 0 aliphatic carbocycles. The lowest BCUT2D eigenvalue weighted by Gasteiger charge is -2.23. The van der Waals surface area contributed by atoms with Crippen LogP contribution in [0.25, 0.3) is 0 Å². The van der Waals surface area contributed by atoms with Gasteiger partial charge < -0.3 is 5.32 Å². The molecule has 1 unspecified atom stereocenters. The second kappa shape index (κ2) is 7.10. The van der Waals surface area contributed by atoms with Crippen molar-refractivity contribution in [3.05, 3.63) is 12.7 Å². The van der Waals surface area contributed by atoms with Crippen molar-refractivity contribution in [3.8, 4) is 6.07 Å². The van der Waals surface area contributed by atoms with Crippen LogP contribution in [0.1, 0.15) is 13.8 Å². The number of carbonyl (C=O) groups excluding carboxylic acids is 1. The summed E-state index contributed by atoms with van der Waals surface area (Å²) in [4.78, 5) is 13.3. The van der Waals surface area contributed by atoms with Crippen LogP contribution < -0.4 is 5.32 Å². The third-order valence-corrected chi connectivity index (χ3v) is 2.03. The molecule has 0 aliphatic heterocycles. The van der Waals surface area contributed by atoms with Gasteiger partial charge in [0.05, 0.1) is 18.7 Å². The molecule has 0 aromatic heterocycles. The molecule has 0 heterocycles. The first-order chi connectivity index (χ1) is 6.67. The molecule has 0 saturated heterocycles. The molecule has 0 bridgehead atoms. The van der Waals surface area contributed by atoms with Crippen LogP contribution in [0.3, 0.4) is 0 Å². The highest BCUT2D eigenvalue weighted by Crippen LogP contribution is 1.97. The Bertz CT molecular complexity index is 232. The molecule has 0 saturated carbocycles. The van der Waals surface area contributed by atoms with Crippen molar-refractivity contribution < 1.29 is 4.79 Å². The Labute approximate surface area is 85.2 Å². The van der Waals surface area contributed by atoms with Gasteiger partial charge in [0.15, 0.2) is 0 Å². The van der Waals surface area contributed by atoms with Gasteiger partial charge in [-0.1, -0.05) is 13.0 Å². The van der Waals surface area contributed by atoms with Gasteiger partial charge in [0, 0.05) is 6.54 Å². The van der Waals surface area contributed by atoms with Crippen molar-refractivity contribution in [1.29, 1.82) is 5.26 Å². The Morgan fingerprint density at radius 2 is 2.43 bits per heavy atom. The van der Waals surface area contributed by atoms with E-state index in [-0.39, 0.29) is 18.5 Å². The fraction of sp³-hybridized carbons (Fsp3) is 0.600. The largest absolute Gasteiger partial charge is 0.351 e. The fourth-order valence-electron chi connectivity index (χ4n) is 1.10. The average Bonchev–Trinajstić information content (AvgIpc) is 2.21. The standard InChI is InChI=1S/C10H17N3O/c1-4-7-12-10(14)9(3)13(5-2)8-6-11/h4,9H,1,5,7-8H2,2-3H3,(H,12,14). The first-order valence-corrected chi connectivity index (χ1v) is 4.67. The number of rotatable bonds is 6. The maximum absolute atomic E-state index is 11.5. The summed E-state index contributed by atoms with van der Waals surface area (Å²) < 4.78 is 0. The molecule has 0 aromatic carbocycles. The molecule has 78 valence electrons. The lowest BCUT2D eigenvalue weighted by molar-refractivity contribution is -0.125. The van der Waals surface area contributed by atoms with Crippen molar-refractivity contribution in [3.63, 3.8) is 0 Å². The molecule has 4 heteroatoms. The van der Waals surface area contributed by atoms with Crippen molar-refractivity contribution >= 4 is 5.91 Å². The smallest absolute Gasteiger partial charge is 0.237 e. The third kappa shape index (κ3) is 4.06. The Morgan fingerprint density at radius 1 is 1.79 bits per heavy atom. The molecule has 0 fully saturated rings. The normalized spacial score (nSPS) is 11.9. The number of amides is 1. The molecule has 14 heavy (non-hydrogen) atoms. The van der Waals surface area contributed by atoms with E-state index < -0.39 is 0 Å². The molecule has 4 nitrogen and oxygen atoms in total. The number of likely N-dealkylation sites (N-methyl/N-ethyl adjacent to an activating group) is 1. The van der Waals surface area contributed by atoms with Crippen LogP contribution in [0.15, 0.2) is 12.7 Å². The van der Waals surface area contributed by atoms with E-state index in [1.807, 2.05) is 13.0 Å². The van der Waals surface area contributed by atoms with Crippen LogP contribution in [0, 0.1) is 11.3 Å². The van der Waals surface area contributed by atoms with E-state index in [1.165, 1.54) is 0 Å². The fourth-order valence-corrected chi connectivity index (χ4v) is 1.10. The summed E-state index contributed by atoms with van der Waals surface area (Å²) in [6.45, 7) is 8.66. The minimum absolute atomic E-state index is 0.0676. The van der Waals surface area contributed by atoms with Gasteiger partial charge in [-0.15, -0.1) is 6.58 Å². The quantitative estimate of drug-likeness (QED) is 0.496. The molecule has 0 spiro atoms. The van der Waals surface area contributed by atoms with Crippen LogP contribution in [-0.4, -0.2) is 36.5 Å². The highest BCUT2D eigenvalue weighted by atomic mass is 16.2. The number of nitrogens with zero attached hydrogens (tertiary/aromatic N) is 2. The summed E-state index contributed by atoms with van der Waals surface area (Å²) in [6.07, 6.45) is 1.63. The first-order valence-electron chi connectivity index (χ1n) is 4.67. The zero-order valence-corrected chi connectivity index (χ0v) is 8.79. The average molecular weight is 195 g/mol. The van der Waals surface area contributed by atoms with Crippen LogP contribution in [0.5, 0.6) is 0 Å². The molecule has 1 amide bonds. The molecular weight excluding hydrogens is 178 g/mol. The topological polar surface area (TPSA) is 56.1 Å². The Balaban J connectivity index is 4.13. The van der Waals surface area contributed by atoms with Gasteiger partial charge in [-0.3, -0.25) is 9.69 Å². The predicted molar refractivity (Wildman–Crippen MR) is 55.5 cm³/mol. The van der Waals surface area contributed by atoms with Crippen molar-refractivity contribution in [2.24, 2.45) is 0 Å². The zero-order valence-electron chi connectivity index (χ0n) is 8.79. The predicted octanol–water partition coefficient (Wildman–Crippen LogP) is 0.523. The third-order valence-electron chi connectivity index (χ3n) is 2.03. The van der Waals surface area contributed by atoms with E-state index in [2.05, 4.69) is 11.9 Å². The van der Waals surface area contributed by atoms with Gasteiger partial charge in [-0.2, -0.15) is 5.26 Å². The molecule has 0 aromatic rings. The van der Waals surface area contributed by atoms with Gasteiger partial charge in [0.25, 0.3) is 0 Å². The number of nitrogens with one attached hydrogen (secondary N) is 1. The second-order valence-electron chi connectivity index (χ2n) is 2.93. The van der Waals surface area contributed by atoms with E-state index in [0.717, 1.165) is 0 Å². The number of hydrogen-bond donors (Lipinski definition) is 1. The Morgan fingerprint density at radius 3 is 2.86 bits per heavy atom. The lowest BCUT2D eigenvalue weighted by Crippen LogP contribution is -2.45. The number of hydrogen-bond acceptors (Lipinski definition) is 3. The van der Waals surface area contributed by atoms with Crippen molar-refractivity contribution in [2.75, 3.05) is 19.6 Å². The summed E-state index contributed by atoms with van der Waals surface area (Å²) in [5.74, 6) is -0.0676. The zero-order chi connectivity index (χ0) is 11.0. The molecule has 0 aliphatic rings. The van der Waals surface area contributed by atoms with E-state index in [1.54, 1.807) is 17.9 Å². The van der Waals surface area contributed by atoms with Gasteiger partial charge >= 0.3 is 0 Å². The van der Waals surface area contributed by atoms with Crippen LogP contribution in [0.2, 0.25) is 0 Å². The Kier molecular flexibility index (Phi) is 6.42. The molecule has 1 atom stereocenters. The lowest BCUT2D eigenvalue weighted by atomic mass is 10.2. The summed E-state index contributed by atoms with van der Waals surface area (Å²) in [7, 11) is 0. The molecular formula is C10H17N3O. The van der Waals surface area contributed by atoms with Crippen molar-refractivity contribution in [2.45, 2.75) is 19.9 Å². The molecule has 0 rings (SSSR count). The summed E-state index contributed by atoms with van der Waals surface area (Å²) in [5.41, 5.74) is 0. The number of nitriles is 1. The van der Waals surface area contributed by atoms with Gasteiger partial charge in [0.1, 0.15) is 0 Å². The molecule has 0 radical (unpaired) electrons. The van der Waals surface area contributed by atoms with Crippen molar-refractivity contribution in [1.82, 2.24) is 10.2 Å². The molecule has 1 N–H and O–H groups in total. The van der Waals surface area contributed by atoms with Gasteiger partial charge in [-0.05, 0) is 13.5 Å². The first kappa shape index (κ1) is 12.7. The van der Waals surface area contributed by atoms with E-state index in [4.69, 9.17) is 5.26 Å². The van der Waals surface area contributed by atoms with Crippen LogP contribution in [0.4, 0.5) is 0 Å².